The molecule has 0 unspecified atom stereocenters. The quantitative estimate of drug-likeness (QED) is 0.518. The minimum atomic E-state index is -1.51. The van der Waals surface area contributed by atoms with E-state index in [-0.39, 0.29) is 11.7 Å². The summed E-state index contributed by atoms with van der Waals surface area (Å²) in [6.45, 7) is 0. The summed E-state index contributed by atoms with van der Waals surface area (Å²) in [7, 11) is 0. The monoisotopic (exact) mass is 184 g/mol. The smallest absolute Gasteiger partial charge is 0.372 e. The van der Waals surface area contributed by atoms with Crippen molar-refractivity contribution >= 4 is 17.5 Å². The molecule has 0 aromatic rings. The van der Waals surface area contributed by atoms with Crippen LogP contribution in [-0.4, -0.2) is 22.6 Å². The fraction of sp³-hybridized carbons (Fsp3) is 0.667. The lowest BCUT2D eigenvalue weighted by molar-refractivity contribution is -0.150. The van der Waals surface area contributed by atoms with Gasteiger partial charge in [-0.25, -0.2) is 4.79 Å². The van der Waals surface area contributed by atoms with Gasteiger partial charge in [0.05, 0.1) is 6.42 Å². The van der Waals surface area contributed by atoms with Crippen LogP contribution < -0.4 is 0 Å². The number of Topliss-reactive ketones (excluding diaryl/α,β-unsaturated/α-hetero) is 2. The second kappa shape index (κ2) is 4.16. The number of aliphatic carboxylic acids is 1. The third-order valence-electron chi connectivity index (χ3n) is 2.38. The van der Waals surface area contributed by atoms with Gasteiger partial charge in [0.15, 0.2) is 0 Å². The molecule has 0 amide bonds. The van der Waals surface area contributed by atoms with E-state index in [1.807, 2.05) is 0 Å². The number of carbonyl (C=O) groups is 3. The van der Waals surface area contributed by atoms with Gasteiger partial charge in [0, 0.05) is 5.92 Å². The highest BCUT2D eigenvalue weighted by Crippen LogP contribution is 2.26. The number of carboxylic acids is 1. The first-order chi connectivity index (χ1) is 6.11. The van der Waals surface area contributed by atoms with Gasteiger partial charge in [0.2, 0.25) is 5.78 Å². The maximum absolute atomic E-state index is 11.3. The molecule has 0 radical (unpaired) electrons. The van der Waals surface area contributed by atoms with Gasteiger partial charge in [0.1, 0.15) is 5.78 Å². The summed E-state index contributed by atoms with van der Waals surface area (Å²) in [6, 6.07) is 0. The molecule has 1 N–H and O–H groups in total. The molecule has 72 valence electrons. The summed E-state index contributed by atoms with van der Waals surface area (Å²) in [4.78, 5) is 32.1. The van der Waals surface area contributed by atoms with Crippen molar-refractivity contribution in [3.05, 3.63) is 0 Å². The van der Waals surface area contributed by atoms with Gasteiger partial charge >= 0.3 is 5.97 Å². The number of carbonyl (C=O) groups excluding carboxylic acids is 2. The van der Waals surface area contributed by atoms with E-state index in [2.05, 4.69) is 0 Å². The van der Waals surface area contributed by atoms with Crippen LogP contribution in [0.5, 0.6) is 0 Å². The minimum absolute atomic E-state index is 0.0664. The third kappa shape index (κ3) is 2.65. The summed E-state index contributed by atoms with van der Waals surface area (Å²) in [6.07, 6.45) is 3.22. The molecule has 1 aliphatic carbocycles. The zero-order chi connectivity index (χ0) is 9.84. The van der Waals surface area contributed by atoms with Crippen molar-refractivity contribution in [1.29, 1.82) is 0 Å². The van der Waals surface area contributed by atoms with Crippen LogP contribution in [0.4, 0.5) is 0 Å². The summed E-state index contributed by atoms with van der Waals surface area (Å²) in [5.41, 5.74) is 0. The van der Waals surface area contributed by atoms with Gasteiger partial charge < -0.3 is 5.11 Å². The van der Waals surface area contributed by atoms with Crippen molar-refractivity contribution in [2.45, 2.75) is 32.1 Å². The topological polar surface area (TPSA) is 71.4 Å². The lowest BCUT2D eigenvalue weighted by atomic mass is 9.98. The average Bonchev–Trinajstić information content (AvgIpc) is 2.55. The van der Waals surface area contributed by atoms with E-state index in [9.17, 15) is 14.4 Å². The molecule has 0 heterocycles. The number of carboxylic acid groups (broad SMARTS) is 1. The van der Waals surface area contributed by atoms with Gasteiger partial charge in [-0.15, -0.1) is 0 Å². The Labute approximate surface area is 75.9 Å². The first kappa shape index (κ1) is 9.89. The Balaban J connectivity index is 2.40. The molecule has 0 bridgehead atoms. The normalized spacial score (nSPS) is 17.2. The molecule has 4 heteroatoms. The van der Waals surface area contributed by atoms with Crippen LogP contribution in [0, 0.1) is 5.92 Å². The lowest BCUT2D eigenvalue weighted by Crippen LogP contribution is -2.21. The lowest BCUT2D eigenvalue weighted by Gasteiger charge is -2.04. The van der Waals surface area contributed by atoms with E-state index >= 15 is 0 Å². The molecule has 0 saturated heterocycles. The van der Waals surface area contributed by atoms with Crippen molar-refractivity contribution < 1.29 is 19.5 Å². The number of rotatable bonds is 4. The van der Waals surface area contributed by atoms with Gasteiger partial charge in [0.25, 0.3) is 0 Å². The Hall–Kier alpha value is -1.19. The Morgan fingerprint density at radius 2 is 1.69 bits per heavy atom. The highest BCUT2D eigenvalue weighted by molar-refractivity contribution is 6.36. The number of hydrogen-bond acceptors (Lipinski definition) is 3. The van der Waals surface area contributed by atoms with E-state index in [0.29, 0.717) is 0 Å². The fourth-order valence-electron chi connectivity index (χ4n) is 1.63. The van der Waals surface area contributed by atoms with Crippen LogP contribution in [0.15, 0.2) is 0 Å². The van der Waals surface area contributed by atoms with Gasteiger partial charge in [-0.1, -0.05) is 12.8 Å². The van der Waals surface area contributed by atoms with Gasteiger partial charge in [-0.05, 0) is 12.8 Å². The van der Waals surface area contributed by atoms with Crippen LogP contribution in [0.25, 0.3) is 0 Å². The van der Waals surface area contributed by atoms with Crippen LogP contribution in [-0.2, 0) is 14.4 Å². The van der Waals surface area contributed by atoms with Crippen molar-refractivity contribution in [3.63, 3.8) is 0 Å². The van der Waals surface area contributed by atoms with Crippen molar-refractivity contribution in [2.75, 3.05) is 0 Å². The first-order valence-corrected chi connectivity index (χ1v) is 4.40. The van der Waals surface area contributed by atoms with E-state index in [1.54, 1.807) is 0 Å². The summed E-state index contributed by atoms with van der Waals surface area (Å²) in [5, 5.41) is 8.27. The zero-order valence-corrected chi connectivity index (χ0v) is 7.28. The highest BCUT2D eigenvalue weighted by Gasteiger charge is 2.26. The number of ketones is 2. The van der Waals surface area contributed by atoms with Crippen LogP contribution in [0.3, 0.4) is 0 Å². The zero-order valence-electron chi connectivity index (χ0n) is 7.28. The molecular formula is C9H12O4. The molecular weight excluding hydrogens is 172 g/mol. The summed E-state index contributed by atoms with van der Waals surface area (Å²) < 4.78 is 0. The molecule has 1 saturated carbocycles. The maximum atomic E-state index is 11.3. The Morgan fingerprint density at radius 1 is 1.15 bits per heavy atom. The molecule has 0 atom stereocenters. The molecule has 0 aliphatic heterocycles. The van der Waals surface area contributed by atoms with Crippen molar-refractivity contribution in [2.24, 2.45) is 5.92 Å². The molecule has 1 fully saturated rings. The fourth-order valence-corrected chi connectivity index (χ4v) is 1.63. The molecule has 0 spiro atoms. The van der Waals surface area contributed by atoms with E-state index in [0.717, 1.165) is 25.7 Å². The minimum Gasteiger partial charge on any atom is -0.475 e. The first-order valence-electron chi connectivity index (χ1n) is 4.40. The van der Waals surface area contributed by atoms with E-state index < -0.39 is 18.2 Å². The largest absolute Gasteiger partial charge is 0.475 e. The van der Waals surface area contributed by atoms with Crippen LogP contribution in [0.1, 0.15) is 32.1 Å². The molecule has 0 aromatic carbocycles. The van der Waals surface area contributed by atoms with E-state index in [4.69, 9.17) is 5.11 Å². The van der Waals surface area contributed by atoms with Crippen molar-refractivity contribution in [3.8, 4) is 0 Å². The molecule has 1 rings (SSSR count). The van der Waals surface area contributed by atoms with Gasteiger partial charge in [-0.3, -0.25) is 9.59 Å². The van der Waals surface area contributed by atoms with E-state index in [1.165, 1.54) is 0 Å². The highest BCUT2D eigenvalue weighted by atomic mass is 16.4. The van der Waals surface area contributed by atoms with Crippen molar-refractivity contribution in [1.82, 2.24) is 0 Å². The Morgan fingerprint density at radius 3 is 2.15 bits per heavy atom. The predicted molar refractivity (Wildman–Crippen MR) is 44.2 cm³/mol. The third-order valence-corrected chi connectivity index (χ3v) is 2.38. The molecule has 1 aliphatic rings. The predicted octanol–water partition coefficient (Wildman–Crippen LogP) is 0.789. The SMILES string of the molecule is O=C(O)C(=O)CC(=O)C1CCCC1. The second-order valence-corrected chi connectivity index (χ2v) is 3.35. The molecule has 0 aromatic heterocycles. The average molecular weight is 184 g/mol. The summed E-state index contributed by atoms with van der Waals surface area (Å²) in [5.74, 6) is -2.77. The Bertz CT molecular complexity index is 238. The second-order valence-electron chi connectivity index (χ2n) is 3.35. The Kier molecular flexibility index (Phi) is 3.17. The summed E-state index contributed by atoms with van der Waals surface area (Å²) >= 11 is 0. The standard InChI is InChI=1S/C9H12O4/c10-7(5-8(11)9(12)13)6-3-1-2-4-6/h6H,1-5H2,(H,12,13). The van der Waals surface area contributed by atoms with Gasteiger partial charge in [-0.2, -0.15) is 0 Å². The molecule has 13 heavy (non-hydrogen) atoms. The van der Waals surface area contributed by atoms with Crippen LogP contribution >= 0.6 is 0 Å². The maximum Gasteiger partial charge on any atom is 0.372 e. The van der Waals surface area contributed by atoms with Crippen LogP contribution in [0.2, 0.25) is 0 Å². The number of hydrogen-bond donors (Lipinski definition) is 1. The molecule has 4 nitrogen and oxygen atoms in total.